The number of hydrogen-bond donors (Lipinski definition) is 1. The van der Waals surface area contributed by atoms with Crippen molar-refractivity contribution in [2.45, 2.75) is 30.7 Å². The fraction of sp³-hybridized carbons (Fsp3) is 0.333. The predicted octanol–water partition coefficient (Wildman–Crippen LogP) is 3.17. The van der Waals surface area contributed by atoms with Gasteiger partial charge in [0, 0.05) is 36.4 Å². The van der Waals surface area contributed by atoms with Crippen LogP contribution in [0.3, 0.4) is 0 Å². The van der Waals surface area contributed by atoms with Crippen molar-refractivity contribution in [2.24, 2.45) is 0 Å². The number of piperidine rings is 1. The zero-order valence-corrected chi connectivity index (χ0v) is 15.3. The molecule has 1 fully saturated rings. The quantitative estimate of drug-likeness (QED) is 0.640. The van der Waals surface area contributed by atoms with Gasteiger partial charge in [-0.15, -0.1) is 0 Å². The lowest BCUT2D eigenvalue weighted by molar-refractivity contribution is -0.385. The smallest absolute Gasteiger partial charge is 0.273 e. The van der Waals surface area contributed by atoms with Gasteiger partial charge in [0.05, 0.1) is 9.82 Å². The second-order valence-electron chi connectivity index (χ2n) is 6.37. The summed E-state index contributed by atoms with van der Waals surface area (Å²) in [4.78, 5) is 10.6. The first-order valence-corrected chi connectivity index (χ1v) is 9.89. The van der Waals surface area contributed by atoms with Crippen molar-refractivity contribution in [3.8, 4) is 0 Å². The van der Waals surface area contributed by atoms with Gasteiger partial charge in [-0.2, -0.15) is 4.31 Å². The molecule has 0 radical (unpaired) electrons. The summed E-state index contributed by atoms with van der Waals surface area (Å²) in [7, 11) is -3.79. The van der Waals surface area contributed by atoms with Gasteiger partial charge in [0.25, 0.3) is 5.69 Å². The summed E-state index contributed by atoms with van der Waals surface area (Å²) in [6, 6.07) is 13.8. The van der Waals surface area contributed by atoms with Crippen molar-refractivity contribution in [3.05, 3.63) is 64.2 Å². The molecular formula is C18H21N3O4S. The Morgan fingerprint density at radius 3 is 2.58 bits per heavy atom. The molecule has 2 aromatic carbocycles. The van der Waals surface area contributed by atoms with Gasteiger partial charge in [-0.3, -0.25) is 10.1 Å². The van der Waals surface area contributed by atoms with Crippen molar-refractivity contribution in [2.75, 3.05) is 18.4 Å². The van der Waals surface area contributed by atoms with Crippen LogP contribution < -0.4 is 5.32 Å². The Balaban J connectivity index is 1.83. The molecular weight excluding hydrogens is 354 g/mol. The summed E-state index contributed by atoms with van der Waals surface area (Å²) < 4.78 is 27.5. The number of benzene rings is 2. The van der Waals surface area contributed by atoms with Crippen LogP contribution in [-0.4, -0.2) is 36.8 Å². The van der Waals surface area contributed by atoms with Crippen molar-refractivity contribution < 1.29 is 13.3 Å². The fourth-order valence-corrected chi connectivity index (χ4v) is 5.03. The van der Waals surface area contributed by atoms with Gasteiger partial charge in [0.1, 0.15) is 0 Å². The van der Waals surface area contributed by atoms with Crippen molar-refractivity contribution in [3.63, 3.8) is 0 Å². The molecule has 138 valence electrons. The van der Waals surface area contributed by atoms with E-state index in [2.05, 4.69) is 5.32 Å². The largest absolute Gasteiger partial charge is 0.381 e. The van der Waals surface area contributed by atoms with E-state index in [4.69, 9.17) is 0 Å². The number of para-hydroxylation sites is 1. The number of rotatable bonds is 5. The van der Waals surface area contributed by atoms with Gasteiger partial charge >= 0.3 is 0 Å². The molecule has 26 heavy (non-hydrogen) atoms. The molecule has 1 aliphatic heterocycles. The van der Waals surface area contributed by atoms with E-state index in [0.29, 0.717) is 13.1 Å². The summed E-state index contributed by atoms with van der Waals surface area (Å²) >= 11 is 0. The minimum Gasteiger partial charge on any atom is -0.381 e. The highest BCUT2D eigenvalue weighted by atomic mass is 32.2. The van der Waals surface area contributed by atoms with E-state index < -0.39 is 14.9 Å². The number of sulfonamides is 1. The highest BCUT2D eigenvalue weighted by Crippen LogP contribution is 2.29. The second-order valence-corrected chi connectivity index (χ2v) is 8.28. The molecule has 1 aliphatic rings. The van der Waals surface area contributed by atoms with Crippen LogP contribution in [0.2, 0.25) is 0 Å². The SMILES string of the molecule is Cc1c([N+](=O)[O-])cccc1S(=O)(=O)N1CCC[C@H](Nc2ccccc2)C1. The van der Waals surface area contributed by atoms with Crippen LogP contribution in [0.25, 0.3) is 0 Å². The van der Waals surface area contributed by atoms with Gasteiger partial charge in [0.15, 0.2) is 0 Å². The maximum absolute atomic E-state index is 13.1. The van der Waals surface area contributed by atoms with Crippen LogP contribution in [0.4, 0.5) is 11.4 Å². The molecule has 1 heterocycles. The average Bonchev–Trinajstić information content (AvgIpc) is 2.62. The van der Waals surface area contributed by atoms with Crippen LogP contribution in [-0.2, 0) is 10.0 Å². The number of hydrogen-bond acceptors (Lipinski definition) is 5. The van der Waals surface area contributed by atoms with Crippen LogP contribution in [0, 0.1) is 17.0 Å². The first kappa shape index (κ1) is 18.3. The highest BCUT2D eigenvalue weighted by molar-refractivity contribution is 7.89. The highest BCUT2D eigenvalue weighted by Gasteiger charge is 2.32. The van der Waals surface area contributed by atoms with Gasteiger partial charge in [0.2, 0.25) is 10.0 Å². The Hall–Kier alpha value is -2.45. The maximum Gasteiger partial charge on any atom is 0.273 e. The van der Waals surface area contributed by atoms with Crippen molar-refractivity contribution in [1.29, 1.82) is 0 Å². The molecule has 1 atom stereocenters. The Morgan fingerprint density at radius 2 is 1.88 bits per heavy atom. The zero-order chi connectivity index (χ0) is 18.7. The monoisotopic (exact) mass is 375 g/mol. The van der Waals surface area contributed by atoms with Gasteiger partial charge in [-0.25, -0.2) is 8.42 Å². The molecule has 1 saturated heterocycles. The lowest BCUT2D eigenvalue weighted by Gasteiger charge is -2.33. The molecule has 2 aromatic rings. The number of nitrogens with zero attached hydrogens (tertiary/aromatic N) is 2. The third-order valence-corrected chi connectivity index (χ3v) is 6.61. The van der Waals surface area contributed by atoms with E-state index >= 15 is 0 Å². The van der Waals surface area contributed by atoms with Crippen LogP contribution in [0.5, 0.6) is 0 Å². The molecule has 0 amide bonds. The van der Waals surface area contributed by atoms with Gasteiger partial charge < -0.3 is 5.32 Å². The molecule has 0 unspecified atom stereocenters. The van der Waals surface area contributed by atoms with Crippen molar-refractivity contribution >= 4 is 21.4 Å². The normalized spacial score (nSPS) is 18.4. The molecule has 1 N–H and O–H groups in total. The number of nitro benzene ring substituents is 1. The predicted molar refractivity (Wildman–Crippen MR) is 99.7 cm³/mol. The van der Waals surface area contributed by atoms with Gasteiger partial charge in [-0.1, -0.05) is 24.3 Å². The molecule has 0 spiro atoms. The summed E-state index contributed by atoms with van der Waals surface area (Å²) in [6.07, 6.45) is 1.60. The Labute approximate surface area is 152 Å². The second kappa shape index (κ2) is 7.43. The fourth-order valence-electron chi connectivity index (χ4n) is 3.27. The van der Waals surface area contributed by atoms with E-state index in [1.807, 2.05) is 30.3 Å². The first-order valence-electron chi connectivity index (χ1n) is 8.45. The third-order valence-electron chi connectivity index (χ3n) is 4.60. The maximum atomic E-state index is 13.1. The molecule has 0 bridgehead atoms. The lowest BCUT2D eigenvalue weighted by atomic mass is 10.1. The summed E-state index contributed by atoms with van der Waals surface area (Å²) in [5.74, 6) is 0. The lowest BCUT2D eigenvalue weighted by Crippen LogP contribution is -2.45. The number of anilines is 1. The number of nitro groups is 1. The van der Waals surface area contributed by atoms with Crippen LogP contribution in [0.15, 0.2) is 53.4 Å². The topological polar surface area (TPSA) is 92.5 Å². The van der Waals surface area contributed by atoms with E-state index in [0.717, 1.165) is 18.5 Å². The standard InChI is InChI=1S/C18H21N3O4S/c1-14-17(21(22)23)10-5-11-18(14)26(24,25)20-12-6-9-16(13-20)19-15-7-3-2-4-8-15/h2-5,7-8,10-11,16,19H,6,9,12-13H2,1H3/t16-/m0/s1. The Bertz CT molecular complexity index is 900. The third kappa shape index (κ3) is 3.71. The Morgan fingerprint density at radius 1 is 1.15 bits per heavy atom. The number of nitrogens with one attached hydrogen (secondary N) is 1. The van der Waals surface area contributed by atoms with E-state index in [-0.39, 0.29) is 22.2 Å². The Kier molecular flexibility index (Phi) is 5.24. The molecule has 8 heteroatoms. The minimum absolute atomic E-state index is 0.0000656. The molecule has 3 rings (SSSR count). The summed E-state index contributed by atoms with van der Waals surface area (Å²) in [5.41, 5.74) is 0.945. The van der Waals surface area contributed by atoms with Crippen LogP contribution in [0.1, 0.15) is 18.4 Å². The van der Waals surface area contributed by atoms with Crippen molar-refractivity contribution in [1.82, 2.24) is 4.31 Å². The summed E-state index contributed by atoms with van der Waals surface area (Å²) in [6.45, 7) is 2.23. The average molecular weight is 375 g/mol. The first-order chi connectivity index (χ1) is 12.4. The van der Waals surface area contributed by atoms with E-state index in [9.17, 15) is 18.5 Å². The minimum atomic E-state index is -3.79. The summed E-state index contributed by atoms with van der Waals surface area (Å²) in [5, 5.41) is 14.5. The molecule has 7 nitrogen and oxygen atoms in total. The van der Waals surface area contributed by atoms with Gasteiger partial charge in [-0.05, 0) is 38.0 Å². The van der Waals surface area contributed by atoms with E-state index in [1.54, 1.807) is 0 Å². The zero-order valence-electron chi connectivity index (χ0n) is 14.5. The molecule has 0 saturated carbocycles. The molecule has 0 aromatic heterocycles. The molecule has 0 aliphatic carbocycles. The van der Waals surface area contributed by atoms with E-state index in [1.165, 1.54) is 29.4 Å². The van der Waals surface area contributed by atoms with Crippen LogP contribution >= 0.6 is 0 Å².